The average molecular weight is 207 g/mol. The Morgan fingerprint density at radius 2 is 2.27 bits per heavy atom. The maximum Gasteiger partial charge on any atom is 0.222 e. The van der Waals surface area contributed by atoms with Crippen LogP contribution >= 0.6 is 0 Å². The van der Waals surface area contributed by atoms with Crippen LogP contribution in [0.1, 0.15) is 24.5 Å². The van der Waals surface area contributed by atoms with Crippen molar-refractivity contribution in [3.63, 3.8) is 0 Å². The number of benzene rings is 1. The van der Waals surface area contributed by atoms with E-state index in [1.807, 2.05) is 31.2 Å². The lowest BCUT2D eigenvalue weighted by atomic mass is 10.1. The zero-order chi connectivity index (χ0) is 11.3. The zero-order valence-electron chi connectivity index (χ0n) is 9.16. The summed E-state index contributed by atoms with van der Waals surface area (Å²) >= 11 is 0. The molecule has 0 fully saturated rings. The Kier molecular flexibility index (Phi) is 4.31. The SMILES string of the molecule is Cc1cccc(CNC(=O)CC(C)O)c1. The topological polar surface area (TPSA) is 49.3 Å². The summed E-state index contributed by atoms with van der Waals surface area (Å²) in [5.41, 5.74) is 2.26. The first-order valence-corrected chi connectivity index (χ1v) is 5.08. The van der Waals surface area contributed by atoms with Gasteiger partial charge in [0.1, 0.15) is 0 Å². The summed E-state index contributed by atoms with van der Waals surface area (Å²) in [4.78, 5) is 11.2. The molecule has 0 saturated heterocycles. The standard InChI is InChI=1S/C12H17NO2/c1-9-4-3-5-11(6-9)8-13-12(15)7-10(2)14/h3-6,10,14H,7-8H2,1-2H3,(H,13,15). The van der Waals surface area contributed by atoms with Gasteiger partial charge in [-0.25, -0.2) is 0 Å². The molecule has 1 aromatic rings. The van der Waals surface area contributed by atoms with Gasteiger partial charge in [0.2, 0.25) is 5.91 Å². The van der Waals surface area contributed by atoms with Crippen molar-refractivity contribution in [3.8, 4) is 0 Å². The first kappa shape index (κ1) is 11.7. The number of amides is 1. The van der Waals surface area contributed by atoms with Crippen molar-refractivity contribution in [1.29, 1.82) is 0 Å². The summed E-state index contributed by atoms with van der Waals surface area (Å²) in [6.45, 7) is 4.14. The summed E-state index contributed by atoms with van der Waals surface area (Å²) in [7, 11) is 0. The van der Waals surface area contributed by atoms with Crippen molar-refractivity contribution >= 4 is 5.91 Å². The van der Waals surface area contributed by atoms with Crippen LogP contribution in [-0.4, -0.2) is 17.1 Å². The minimum absolute atomic E-state index is 0.119. The van der Waals surface area contributed by atoms with Crippen molar-refractivity contribution < 1.29 is 9.90 Å². The van der Waals surface area contributed by atoms with E-state index in [0.717, 1.165) is 5.56 Å². The highest BCUT2D eigenvalue weighted by Crippen LogP contribution is 2.03. The molecule has 1 amide bonds. The Bertz CT molecular complexity index is 334. The molecule has 0 bridgehead atoms. The van der Waals surface area contributed by atoms with Gasteiger partial charge in [0, 0.05) is 6.54 Å². The van der Waals surface area contributed by atoms with Crippen LogP contribution in [0.5, 0.6) is 0 Å². The smallest absolute Gasteiger partial charge is 0.222 e. The first-order valence-electron chi connectivity index (χ1n) is 5.08. The number of rotatable bonds is 4. The number of nitrogens with one attached hydrogen (secondary N) is 1. The van der Waals surface area contributed by atoms with Crippen LogP contribution in [0.15, 0.2) is 24.3 Å². The van der Waals surface area contributed by atoms with Crippen molar-refractivity contribution in [1.82, 2.24) is 5.32 Å². The van der Waals surface area contributed by atoms with Crippen LogP contribution in [0, 0.1) is 6.92 Å². The van der Waals surface area contributed by atoms with Gasteiger partial charge in [0.25, 0.3) is 0 Å². The molecule has 15 heavy (non-hydrogen) atoms. The molecule has 0 saturated carbocycles. The number of aliphatic hydroxyl groups is 1. The van der Waals surface area contributed by atoms with Crippen molar-refractivity contribution in [2.45, 2.75) is 32.9 Å². The van der Waals surface area contributed by atoms with E-state index < -0.39 is 6.10 Å². The molecule has 0 spiro atoms. The van der Waals surface area contributed by atoms with Crippen LogP contribution < -0.4 is 5.32 Å². The van der Waals surface area contributed by atoms with E-state index >= 15 is 0 Å². The highest BCUT2D eigenvalue weighted by molar-refractivity contribution is 5.76. The van der Waals surface area contributed by atoms with Crippen molar-refractivity contribution in [2.24, 2.45) is 0 Å². The van der Waals surface area contributed by atoms with Gasteiger partial charge in [-0.05, 0) is 19.4 Å². The number of hydrogen-bond acceptors (Lipinski definition) is 2. The van der Waals surface area contributed by atoms with Gasteiger partial charge in [-0.2, -0.15) is 0 Å². The predicted octanol–water partition coefficient (Wildman–Crippen LogP) is 1.38. The second-order valence-corrected chi connectivity index (χ2v) is 3.82. The zero-order valence-corrected chi connectivity index (χ0v) is 9.16. The van der Waals surface area contributed by atoms with Gasteiger partial charge in [0.05, 0.1) is 12.5 Å². The van der Waals surface area contributed by atoms with Gasteiger partial charge >= 0.3 is 0 Å². The molecular formula is C12H17NO2. The molecule has 1 atom stereocenters. The summed E-state index contributed by atoms with van der Waals surface area (Å²) < 4.78 is 0. The van der Waals surface area contributed by atoms with E-state index in [1.54, 1.807) is 6.92 Å². The molecule has 3 nitrogen and oxygen atoms in total. The third-order valence-electron chi connectivity index (χ3n) is 2.05. The number of aryl methyl sites for hydroxylation is 1. The lowest BCUT2D eigenvalue weighted by Crippen LogP contribution is -2.25. The Morgan fingerprint density at radius 3 is 2.87 bits per heavy atom. The number of aliphatic hydroxyl groups excluding tert-OH is 1. The Balaban J connectivity index is 2.40. The van der Waals surface area contributed by atoms with Crippen LogP contribution in [0.25, 0.3) is 0 Å². The molecule has 0 heterocycles. The third kappa shape index (κ3) is 4.61. The van der Waals surface area contributed by atoms with Gasteiger partial charge in [-0.3, -0.25) is 4.79 Å². The molecule has 0 aliphatic heterocycles. The lowest BCUT2D eigenvalue weighted by molar-refractivity contribution is -0.122. The fraction of sp³-hybridized carbons (Fsp3) is 0.417. The molecule has 0 radical (unpaired) electrons. The predicted molar refractivity (Wildman–Crippen MR) is 59.3 cm³/mol. The Labute approximate surface area is 90.1 Å². The molecule has 1 rings (SSSR count). The lowest BCUT2D eigenvalue weighted by Gasteiger charge is -2.07. The van der Waals surface area contributed by atoms with E-state index in [-0.39, 0.29) is 12.3 Å². The molecule has 1 unspecified atom stereocenters. The highest BCUT2D eigenvalue weighted by atomic mass is 16.3. The van der Waals surface area contributed by atoms with Crippen molar-refractivity contribution in [3.05, 3.63) is 35.4 Å². The van der Waals surface area contributed by atoms with E-state index in [4.69, 9.17) is 5.11 Å². The van der Waals surface area contributed by atoms with Crippen LogP contribution in [0.3, 0.4) is 0 Å². The molecule has 0 aliphatic carbocycles. The maximum absolute atomic E-state index is 11.2. The summed E-state index contributed by atoms with van der Waals surface area (Å²) in [5.74, 6) is -0.119. The van der Waals surface area contributed by atoms with Gasteiger partial charge in [-0.15, -0.1) is 0 Å². The Morgan fingerprint density at radius 1 is 1.53 bits per heavy atom. The highest BCUT2D eigenvalue weighted by Gasteiger charge is 2.04. The number of carbonyl (C=O) groups is 1. The minimum Gasteiger partial charge on any atom is -0.393 e. The quantitative estimate of drug-likeness (QED) is 0.783. The maximum atomic E-state index is 11.2. The van der Waals surface area contributed by atoms with Gasteiger partial charge in [0.15, 0.2) is 0 Å². The molecule has 1 aromatic carbocycles. The van der Waals surface area contributed by atoms with E-state index in [0.29, 0.717) is 6.54 Å². The van der Waals surface area contributed by atoms with Crippen LogP contribution in [0.2, 0.25) is 0 Å². The molecule has 0 aliphatic rings. The minimum atomic E-state index is -0.581. The second-order valence-electron chi connectivity index (χ2n) is 3.82. The fourth-order valence-electron chi connectivity index (χ4n) is 1.36. The summed E-state index contributed by atoms with van der Waals surface area (Å²) in [6.07, 6.45) is -0.422. The monoisotopic (exact) mass is 207 g/mol. The van der Waals surface area contributed by atoms with Crippen LogP contribution in [0.4, 0.5) is 0 Å². The largest absolute Gasteiger partial charge is 0.393 e. The Hall–Kier alpha value is -1.35. The normalized spacial score (nSPS) is 12.2. The average Bonchev–Trinajstić information content (AvgIpc) is 2.14. The molecule has 82 valence electrons. The third-order valence-corrected chi connectivity index (χ3v) is 2.05. The first-order chi connectivity index (χ1) is 7.08. The van der Waals surface area contributed by atoms with Crippen molar-refractivity contribution in [2.75, 3.05) is 0 Å². The molecular weight excluding hydrogens is 190 g/mol. The fourth-order valence-corrected chi connectivity index (χ4v) is 1.36. The van der Waals surface area contributed by atoms with Gasteiger partial charge < -0.3 is 10.4 Å². The van der Waals surface area contributed by atoms with Gasteiger partial charge in [-0.1, -0.05) is 29.8 Å². The second kappa shape index (κ2) is 5.51. The molecule has 0 aromatic heterocycles. The van der Waals surface area contributed by atoms with Crippen LogP contribution in [-0.2, 0) is 11.3 Å². The molecule has 3 heteroatoms. The van der Waals surface area contributed by atoms with E-state index in [1.165, 1.54) is 5.56 Å². The number of hydrogen-bond donors (Lipinski definition) is 2. The summed E-state index contributed by atoms with van der Waals surface area (Å²) in [5, 5.41) is 11.8. The number of carbonyl (C=O) groups excluding carboxylic acids is 1. The van der Waals surface area contributed by atoms with E-state index in [2.05, 4.69) is 5.32 Å². The van der Waals surface area contributed by atoms with E-state index in [9.17, 15) is 4.79 Å². The summed E-state index contributed by atoms with van der Waals surface area (Å²) in [6, 6.07) is 7.98. The molecule has 2 N–H and O–H groups in total.